The van der Waals surface area contributed by atoms with Crippen molar-refractivity contribution in [1.29, 1.82) is 0 Å². The average Bonchev–Trinajstić information content (AvgIpc) is 3.52. The minimum atomic E-state index is -4.94. The van der Waals surface area contributed by atoms with Crippen LogP contribution in [0.1, 0.15) is 46.9 Å². The number of hydrogen-bond donors (Lipinski definition) is 0. The van der Waals surface area contributed by atoms with Crippen molar-refractivity contribution in [3.05, 3.63) is 83.5 Å². The van der Waals surface area contributed by atoms with E-state index in [0.29, 0.717) is 0 Å². The molecule has 1 aliphatic heterocycles. The maximum absolute atomic E-state index is 8.49. The monoisotopic (exact) mass is 657 g/mol. The van der Waals surface area contributed by atoms with Crippen molar-refractivity contribution in [3.63, 3.8) is 0 Å². The molecule has 5 rings (SSSR count). The lowest BCUT2D eigenvalue weighted by molar-refractivity contribution is -2.00. The van der Waals surface area contributed by atoms with E-state index in [9.17, 15) is 0 Å². The third kappa shape index (κ3) is 7.99. The molecule has 4 aromatic rings. The zero-order chi connectivity index (χ0) is 32.8. The van der Waals surface area contributed by atoms with E-state index in [1.165, 1.54) is 54.1 Å². The minimum absolute atomic E-state index is 0.770. The SMILES string of the molecule is CCN1C(=CC=Cc2oc3ccc4ccccc4c3[n+]2CC)N(CCC[N+](CC)(CC)CC)c2ccc(Cl)cc21.[O-][Cl+3]([O-])([O-])[O-]. The smallest absolute Gasteiger partial charge is 0.374 e. The van der Waals surface area contributed by atoms with Crippen LogP contribution in [-0.2, 0) is 6.54 Å². The number of benzene rings is 3. The van der Waals surface area contributed by atoms with Crippen molar-refractivity contribution in [2.24, 2.45) is 0 Å². The third-order valence-corrected chi connectivity index (χ3v) is 9.06. The van der Waals surface area contributed by atoms with Gasteiger partial charge >= 0.3 is 5.89 Å². The number of allylic oxidation sites excluding steroid dienone is 2. The van der Waals surface area contributed by atoms with Crippen molar-refractivity contribution in [2.45, 2.75) is 47.6 Å². The molecular formula is C34H43Cl2N4O5+. The topological polar surface area (TPSA) is 116 Å². The molecule has 0 aliphatic carbocycles. The Kier molecular flexibility index (Phi) is 11.5. The Labute approximate surface area is 272 Å². The predicted molar refractivity (Wildman–Crippen MR) is 170 cm³/mol. The van der Waals surface area contributed by atoms with Crippen LogP contribution in [-0.4, -0.2) is 43.8 Å². The van der Waals surface area contributed by atoms with E-state index in [4.69, 9.17) is 34.7 Å². The van der Waals surface area contributed by atoms with Gasteiger partial charge in [0, 0.05) is 24.5 Å². The molecule has 45 heavy (non-hydrogen) atoms. The van der Waals surface area contributed by atoms with Gasteiger partial charge in [-0.05, 0) is 82.5 Å². The molecule has 0 saturated carbocycles. The molecule has 0 amide bonds. The summed E-state index contributed by atoms with van der Waals surface area (Å²) in [4.78, 5) is 4.84. The Morgan fingerprint density at radius 3 is 2.22 bits per heavy atom. The first-order valence-electron chi connectivity index (χ1n) is 15.5. The van der Waals surface area contributed by atoms with Crippen molar-refractivity contribution in [3.8, 4) is 0 Å². The second-order valence-electron chi connectivity index (χ2n) is 11.0. The molecule has 0 radical (unpaired) electrons. The standard InChI is InChI=1S/C34H43ClN4O.ClHO4/c1-6-36-30-25-27(35)20-21-29(30)38(23-14-24-39(8-3,9-4)10-5)32(36)17-13-18-33-37(7-2)34-28-16-12-11-15-26(28)19-22-31(34)40-33;2-1(3,4)5/h11-13,15-22,25H,6-10,14,23-24H2,1-5H3;(H,2,3,4,5)/q+2;/p-1. The molecule has 1 aliphatic rings. The number of aryl methyl sites for hydroxylation is 1. The van der Waals surface area contributed by atoms with Gasteiger partial charge in [-0.1, -0.05) is 35.9 Å². The quantitative estimate of drug-likeness (QED) is 0.180. The second kappa shape index (κ2) is 15.0. The fourth-order valence-electron chi connectivity index (χ4n) is 6.32. The van der Waals surface area contributed by atoms with E-state index >= 15 is 0 Å². The summed E-state index contributed by atoms with van der Waals surface area (Å²) in [6, 6.07) is 19.0. The van der Waals surface area contributed by atoms with Gasteiger partial charge in [0.15, 0.2) is 0 Å². The molecular weight excluding hydrogens is 615 g/mol. The fourth-order valence-corrected chi connectivity index (χ4v) is 6.48. The molecule has 3 aromatic carbocycles. The number of hydrogen-bond acceptors (Lipinski definition) is 7. The van der Waals surface area contributed by atoms with Gasteiger partial charge in [0.1, 0.15) is 12.4 Å². The Morgan fingerprint density at radius 1 is 0.889 bits per heavy atom. The van der Waals surface area contributed by atoms with Gasteiger partial charge in [-0.15, -0.1) is 10.2 Å². The Balaban J connectivity index is 0.000000854. The summed E-state index contributed by atoms with van der Waals surface area (Å²) in [5.74, 6) is 2.04. The van der Waals surface area contributed by atoms with Crippen LogP contribution in [0.25, 0.3) is 27.9 Å². The molecule has 0 N–H and O–H groups in total. The highest BCUT2D eigenvalue weighted by Crippen LogP contribution is 2.43. The van der Waals surface area contributed by atoms with Gasteiger partial charge in [-0.2, -0.15) is 4.57 Å². The molecule has 0 saturated heterocycles. The van der Waals surface area contributed by atoms with E-state index in [1.54, 1.807) is 0 Å². The van der Waals surface area contributed by atoms with E-state index in [-0.39, 0.29) is 0 Å². The van der Waals surface area contributed by atoms with Gasteiger partial charge < -0.3 is 18.7 Å². The molecule has 11 heteroatoms. The summed E-state index contributed by atoms with van der Waals surface area (Å²) >= 11 is 6.46. The molecule has 242 valence electrons. The zero-order valence-corrected chi connectivity index (χ0v) is 28.2. The maximum atomic E-state index is 8.49. The minimum Gasteiger partial charge on any atom is -0.398 e. The molecule has 0 fully saturated rings. The summed E-state index contributed by atoms with van der Waals surface area (Å²) in [5.41, 5.74) is 4.47. The maximum Gasteiger partial charge on any atom is 0.374 e. The molecule has 2 heterocycles. The first-order chi connectivity index (χ1) is 21.5. The number of nitrogens with zero attached hydrogens (tertiary/aromatic N) is 4. The highest BCUT2D eigenvalue weighted by Gasteiger charge is 2.31. The normalized spacial score (nSPS) is 14.6. The van der Waals surface area contributed by atoms with E-state index in [0.717, 1.165) is 52.6 Å². The first kappa shape index (κ1) is 34.7. The van der Waals surface area contributed by atoms with Crippen molar-refractivity contribution < 1.29 is 42.3 Å². The van der Waals surface area contributed by atoms with Gasteiger partial charge in [0.2, 0.25) is 5.58 Å². The number of quaternary nitrogens is 1. The highest BCUT2D eigenvalue weighted by atomic mass is 35.7. The third-order valence-electron chi connectivity index (χ3n) is 8.83. The molecule has 1 aromatic heterocycles. The van der Waals surface area contributed by atoms with Crippen LogP contribution in [0.5, 0.6) is 0 Å². The summed E-state index contributed by atoms with van der Waals surface area (Å²) in [7, 11) is -4.94. The number of oxazole rings is 1. The van der Waals surface area contributed by atoms with Gasteiger partial charge in [-0.25, -0.2) is 18.6 Å². The fraction of sp³-hybridized carbons (Fsp3) is 0.382. The van der Waals surface area contributed by atoms with Gasteiger partial charge in [0.25, 0.3) is 5.52 Å². The van der Waals surface area contributed by atoms with E-state index in [2.05, 4.69) is 116 Å². The summed E-state index contributed by atoms with van der Waals surface area (Å²) in [5, 5.41) is 3.21. The van der Waals surface area contributed by atoms with Crippen LogP contribution >= 0.6 is 11.6 Å². The number of rotatable bonds is 11. The Bertz CT molecular complexity index is 1650. The summed E-state index contributed by atoms with van der Waals surface area (Å²) in [6.45, 7) is 18.7. The van der Waals surface area contributed by atoms with Gasteiger partial charge in [0.05, 0.1) is 49.0 Å². The van der Waals surface area contributed by atoms with Crippen LogP contribution < -0.4 is 33.0 Å². The van der Waals surface area contributed by atoms with Crippen LogP contribution in [0.3, 0.4) is 0 Å². The van der Waals surface area contributed by atoms with Crippen molar-refractivity contribution in [1.82, 2.24) is 0 Å². The van der Waals surface area contributed by atoms with Crippen LogP contribution in [0, 0.1) is 10.2 Å². The Hall–Kier alpha value is -3.15. The van der Waals surface area contributed by atoms with Crippen LogP contribution in [0.2, 0.25) is 5.02 Å². The number of fused-ring (bicyclic) bond motifs is 4. The average molecular weight is 659 g/mol. The molecule has 9 nitrogen and oxygen atoms in total. The molecule has 0 unspecified atom stereocenters. The zero-order valence-electron chi connectivity index (χ0n) is 26.7. The lowest BCUT2D eigenvalue weighted by atomic mass is 10.1. The molecule has 0 spiro atoms. The molecule has 0 bridgehead atoms. The Morgan fingerprint density at radius 2 is 1.58 bits per heavy atom. The largest absolute Gasteiger partial charge is 0.398 e. The number of halogens is 2. The van der Waals surface area contributed by atoms with E-state index in [1.807, 2.05) is 6.07 Å². The number of aromatic nitrogens is 1. The molecule has 0 atom stereocenters. The predicted octanol–water partition coefficient (Wildman–Crippen LogP) is 3.26. The summed E-state index contributed by atoms with van der Waals surface area (Å²) in [6.07, 6.45) is 7.59. The number of anilines is 2. The van der Waals surface area contributed by atoms with Crippen molar-refractivity contribution in [2.75, 3.05) is 49.1 Å². The lowest BCUT2D eigenvalue weighted by Crippen LogP contribution is -2.68. The lowest BCUT2D eigenvalue weighted by Gasteiger charge is -2.36. The first-order valence-corrected chi connectivity index (χ1v) is 17.1. The van der Waals surface area contributed by atoms with Crippen molar-refractivity contribution >= 4 is 50.9 Å². The van der Waals surface area contributed by atoms with Crippen LogP contribution in [0.4, 0.5) is 11.4 Å². The highest BCUT2D eigenvalue weighted by molar-refractivity contribution is 6.31. The second-order valence-corrected chi connectivity index (χ2v) is 12.2. The summed E-state index contributed by atoms with van der Waals surface area (Å²) < 4.78 is 43.8. The van der Waals surface area contributed by atoms with E-state index < -0.39 is 10.2 Å². The van der Waals surface area contributed by atoms with Crippen LogP contribution in [0.15, 0.2) is 77.0 Å². The van der Waals surface area contributed by atoms with Gasteiger partial charge in [-0.3, -0.25) is 0 Å².